The lowest BCUT2D eigenvalue weighted by molar-refractivity contribution is -0.187. The molecule has 17 nitrogen and oxygen atoms in total. The lowest BCUT2D eigenvalue weighted by Crippen LogP contribution is -2.55. The molecule has 1 unspecified atom stereocenters. The third-order valence-electron chi connectivity index (χ3n) is 8.54. The van der Waals surface area contributed by atoms with Crippen LogP contribution < -0.4 is 15.3 Å². The number of esters is 3. The summed E-state index contributed by atoms with van der Waals surface area (Å²) in [5.74, 6) is -1.84. The van der Waals surface area contributed by atoms with Crippen molar-refractivity contribution >= 4 is 37.0 Å². The van der Waals surface area contributed by atoms with E-state index in [9.17, 15) is 24.2 Å². The molecule has 2 saturated heterocycles. The molecule has 0 amide bonds. The van der Waals surface area contributed by atoms with Crippen LogP contribution in [0.25, 0.3) is 5.52 Å². The maximum atomic E-state index is 14.5. The number of hydrogen-bond acceptors (Lipinski definition) is 15. The molecule has 51 heavy (non-hydrogen) atoms. The summed E-state index contributed by atoms with van der Waals surface area (Å²) in [5.41, 5.74) is 2.36. The summed E-state index contributed by atoms with van der Waals surface area (Å²) >= 11 is 0. The lowest BCUT2D eigenvalue weighted by atomic mass is 9.85. The number of carbonyl (C=O) groups excluding carboxylic acids is 3. The zero-order valence-electron chi connectivity index (χ0n) is 28.5. The second kappa shape index (κ2) is 16.2. The fourth-order valence-electron chi connectivity index (χ4n) is 5.72. The third kappa shape index (κ3) is 8.32. The number of anilines is 1. The van der Waals surface area contributed by atoms with Gasteiger partial charge in [0, 0.05) is 26.1 Å². The number of rotatable bonds is 15. The number of ether oxygens (including phenoxy) is 5. The number of carbonyl (C=O) groups is 3. The van der Waals surface area contributed by atoms with Gasteiger partial charge in [0.1, 0.15) is 36.3 Å². The summed E-state index contributed by atoms with van der Waals surface area (Å²) in [6, 6.07) is 11.9. The van der Waals surface area contributed by atoms with Crippen LogP contribution in [0.15, 0.2) is 48.8 Å². The van der Waals surface area contributed by atoms with Crippen molar-refractivity contribution in [3.8, 4) is 11.8 Å². The van der Waals surface area contributed by atoms with Crippen LogP contribution in [0.1, 0.15) is 52.1 Å². The Bertz CT molecular complexity index is 1800. The van der Waals surface area contributed by atoms with Gasteiger partial charge in [-0.15, -0.1) is 0 Å². The van der Waals surface area contributed by atoms with E-state index in [0.717, 1.165) is 12.8 Å². The molecule has 4 heterocycles. The highest BCUT2D eigenvalue weighted by Crippen LogP contribution is 2.50. The van der Waals surface area contributed by atoms with Gasteiger partial charge in [0.05, 0.1) is 18.9 Å². The second-order valence-electron chi connectivity index (χ2n) is 12.1. The number of benzene rings is 1. The number of nitrogens with one attached hydrogen (secondary N) is 1. The van der Waals surface area contributed by atoms with Crippen molar-refractivity contribution in [2.45, 2.75) is 69.8 Å². The summed E-state index contributed by atoms with van der Waals surface area (Å²) in [4.78, 5) is 43.0. The molecule has 2 aliphatic heterocycles. The molecular formula is C33H41N6O11P. The summed E-state index contributed by atoms with van der Waals surface area (Å²) in [5, 5.41) is 17.6. The van der Waals surface area contributed by atoms with Gasteiger partial charge in [0.2, 0.25) is 11.2 Å². The van der Waals surface area contributed by atoms with Crippen LogP contribution in [0, 0.1) is 17.2 Å². The first kappa shape index (κ1) is 37.7. The zero-order chi connectivity index (χ0) is 36.6. The van der Waals surface area contributed by atoms with Crippen LogP contribution >= 0.6 is 7.75 Å². The van der Waals surface area contributed by atoms with Crippen LogP contribution in [-0.4, -0.2) is 83.3 Å². The fraction of sp³-hybridized carbons (Fsp3) is 0.515. The average Bonchev–Trinajstić information content (AvgIpc) is 3.71. The van der Waals surface area contributed by atoms with Crippen molar-refractivity contribution in [2.24, 2.45) is 5.92 Å². The van der Waals surface area contributed by atoms with Crippen molar-refractivity contribution in [1.82, 2.24) is 19.7 Å². The minimum absolute atomic E-state index is 0.0841. The van der Waals surface area contributed by atoms with E-state index < -0.39 is 62.2 Å². The number of fused-ring (bicyclic) bond motifs is 1. The topological polar surface area (TPSA) is 225 Å². The lowest BCUT2D eigenvalue weighted by Gasteiger charge is -2.36. The molecule has 274 valence electrons. The van der Waals surface area contributed by atoms with E-state index in [2.05, 4.69) is 15.2 Å². The smallest absolute Gasteiger partial charge is 0.459 e. The molecule has 18 heteroatoms. The van der Waals surface area contributed by atoms with Crippen LogP contribution in [0.3, 0.4) is 0 Å². The van der Waals surface area contributed by atoms with Gasteiger partial charge in [-0.1, -0.05) is 32.0 Å². The number of aromatic nitrogens is 3. The Labute approximate surface area is 294 Å². The normalized spacial score (nSPS) is 23.8. The van der Waals surface area contributed by atoms with Crippen LogP contribution in [0.5, 0.6) is 5.75 Å². The largest absolute Gasteiger partial charge is 0.464 e. The Balaban J connectivity index is 1.48. The minimum atomic E-state index is -4.56. The molecule has 0 bridgehead atoms. The molecule has 0 saturated carbocycles. The first-order valence-electron chi connectivity index (χ1n) is 16.5. The summed E-state index contributed by atoms with van der Waals surface area (Å²) in [6.07, 6.45) is 0.762. The van der Waals surface area contributed by atoms with Crippen LogP contribution in [0.2, 0.25) is 0 Å². The molecule has 1 aromatic carbocycles. The Kier molecular flexibility index (Phi) is 11.9. The molecule has 3 N–H and O–H groups in total. The molecule has 0 radical (unpaired) electrons. The maximum absolute atomic E-state index is 14.5. The van der Waals surface area contributed by atoms with Gasteiger partial charge in [-0.3, -0.25) is 18.9 Å². The fourth-order valence-corrected chi connectivity index (χ4v) is 7.24. The molecule has 5 atom stereocenters. The van der Waals surface area contributed by atoms with E-state index in [1.54, 1.807) is 31.2 Å². The van der Waals surface area contributed by atoms with E-state index in [4.69, 9.17) is 38.5 Å². The predicted molar refractivity (Wildman–Crippen MR) is 178 cm³/mol. The highest BCUT2D eigenvalue weighted by atomic mass is 31.2. The third-order valence-corrected chi connectivity index (χ3v) is 10.2. The average molecular weight is 729 g/mol. The Morgan fingerprint density at radius 3 is 2.55 bits per heavy atom. The first-order valence-corrected chi connectivity index (χ1v) is 18.1. The highest BCUT2D eigenvalue weighted by molar-refractivity contribution is 7.52. The van der Waals surface area contributed by atoms with E-state index in [1.807, 2.05) is 6.07 Å². The standard InChI is InChI=1S/C33H41N6O11P/c1-4-27(40)48-31-32(18-34,46-20-33(31,49-28(41)5-2)26-12-11-25-29(35)36-21-37-39(25)26)19-47-51(43,50-24-9-7-6-8-10-24)38-22(3)30(42)45-17-23-13-15-44-16-14-23/h6-12,21-23,31H,4-5,13-17,19-20H2,1-3H3,(H,38,43)(H2,35,36,37)/t22-,31+,32+,33-,51?/m0/s1. The van der Waals surface area contributed by atoms with E-state index >= 15 is 0 Å². The molecule has 2 aliphatic rings. The number of nitrogens with two attached hydrogens (primary N) is 1. The molecular weight excluding hydrogens is 687 g/mol. The van der Waals surface area contributed by atoms with E-state index in [-0.39, 0.29) is 42.6 Å². The van der Waals surface area contributed by atoms with Gasteiger partial charge in [0.15, 0.2) is 11.9 Å². The van der Waals surface area contributed by atoms with Gasteiger partial charge < -0.3 is 33.9 Å². The van der Waals surface area contributed by atoms with Crippen molar-refractivity contribution in [3.63, 3.8) is 0 Å². The SMILES string of the molecule is CCC(=O)O[C@@H]1[C@@](C#N)(COP(=O)(N[C@@H](C)C(=O)OCC2CCOCC2)Oc2ccccc2)OC[C@]1(OC(=O)CC)c1ccc2c(N)ncnn12. The molecule has 0 aliphatic carbocycles. The zero-order valence-corrected chi connectivity index (χ0v) is 29.4. The molecule has 2 aromatic heterocycles. The Morgan fingerprint density at radius 2 is 1.86 bits per heavy atom. The second-order valence-corrected chi connectivity index (χ2v) is 13.8. The monoisotopic (exact) mass is 728 g/mol. The summed E-state index contributed by atoms with van der Waals surface area (Å²) in [6.45, 7) is 4.46. The summed E-state index contributed by atoms with van der Waals surface area (Å²) in [7, 11) is -4.56. The summed E-state index contributed by atoms with van der Waals surface area (Å²) < 4.78 is 56.3. The Morgan fingerprint density at radius 1 is 1.14 bits per heavy atom. The van der Waals surface area contributed by atoms with Crippen LogP contribution in [0.4, 0.5) is 5.82 Å². The number of hydrogen-bond donors (Lipinski definition) is 2. The van der Waals surface area contributed by atoms with E-state index in [1.165, 1.54) is 42.9 Å². The highest BCUT2D eigenvalue weighted by Gasteiger charge is 2.67. The van der Waals surface area contributed by atoms with Gasteiger partial charge >= 0.3 is 25.7 Å². The van der Waals surface area contributed by atoms with Crippen molar-refractivity contribution in [1.29, 1.82) is 5.26 Å². The molecule has 3 aromatic rings. The van der Waals surface area contributed by atoms with E-state index in [0.29, 0.717) is 18.7 Å². The molecule has 0 spiro atoms. The number of nitriles is 1. The predicted octanol–water partition coefficient (Wildman–Crippen LogP) is 3.23. The molecule has 2 fully saturated rings. The van der Waals surface area contributed by atoms with Gasteiger partial charge in [-0.25, -0.2) is 14.1 Å². The minimum Gasteiger partial charge on any atom is -0.464 e. The van der Waals surface area contributed by atoms with Crippen molar-refractivity contribution < 1.29 is 51.7 Å². The van der Waals surface area contributed by atoms with Crippen molar-refractivity contribution in [3.05, 3.63) is 54.5 Å². The number of para-hydroxylation sites is 1. The number of nitrogen functional groups attached to an aromatic ring is 1. The Hall–Kier alpha value is -4.59. The van der Waals surface area contributed by atoms with Crippen molar-refractivity contribution in [2.75, 3.05) is 38.8 Å². The number of nitrogens with zero attached hydrogens (tertiary/aromatic N) is 4. The molecule has 5 rings (SSSR count). The van der Waals surface area contributed by atoms with Gasteiger partial charge in [-0.05, 0) is 49.9 Å². The van der Waals surface area contributed by atoms with Gasteiger partial charge in [-0.2, -0.15) is 15.4 Å². The first-order chi connectivity index (χ1) is 24.5. The van der Waals surface area contributed by atoms with Crippen LogP contribution in [-0.2, 0) is 52.8 Å². The quantitative estimate of drug-likeness (QED) is 0.130. The maximum Gasteiger partial charge on any atom is 0.459 e. The van der Waals surface area contributed by atoms with Gasteiger partial charge in [0.25, 0.3) is 0 Å².